The van der Waals surface area contributed by atoms with Crippen molar-refractivity contribution in [2.24, 2.45) is 5.11 Å². The largest absolute Gasteiger partial charge is 0.465 e. The molecule has 6 heteroatoms. The van der Waals surface area contributed by atoms with Crippen LogP contribution in [0.2, 0.25) is 0 Å². The summed E-state index contributed by atoms with van der Waals surface area (Å²) in [5.74, 6) is 0. The fraction of sp³-hybridized carbons (Fsp3) is 0.750. The van der Waals surface area contributed by atoms with Crippen LogP contribution in [0, 0.1) is 0 Å². The molecule has 10 heavy (non-hydrogen) atoms. The van der Waals surface area contributed by atoms with E-state index < -0.39 is 6.09 Å². The Labute approximate surface area is 57.5 Å². The first-order valence-corrected chi connectivity index (χ1v) is 2.67. The standard InChI is InChI=1S/C4H8N4O2/c1-3(2-6-8-5)7-4(9)10/h3,7H,2H2,1H3,(H,9,10)/t3-/m0/s1. The Balaban J connectivity index is 3.52. The molecule has 0 aromatic rings. The lowest BCUT2D eigenvalue weighted by Crippen LogP contribution is -2.32. The van der Waals surface area contributed by atoms with E-state index in [2.05, 4.69) is 15.3 Å². The molecule has 0 aromatic heterocycles. The maximum atomic E-state index is 9.93. The number of amides is 1. The van der Waals surface area contributed by atoms with Gasteiger partial charge < -0.3 is 10.4 Å². The molecule has 56 valence electrons. The highest BCUT2D eigenvalue weighted by Crippen LogP contribution is 1.82. The Morgan fingerprint density at radius 1 is 2.00 bits per heavy atom. The average molecular weight is 144 g/mol. The molecule has 0 radical (unpaired) electrons. The van der Waals surface area contributed by atoms with E-state index in [0.717, 1.165) is 0 Å². The first-order valence-electron chi connectivity index (χ1n) is 2.67. The Bertz CT molecular complexity index is 159. The first-order chi connectivity index (χ1) is 4.66. The first kappa shape index (κ1) is 8.58. The predicted molar refractivity (Wildman–Crippen MR) is 34.6 cm³/mol. The van der Waals surface area contributed by atoms with E-state index in [1.54, 1.807) is 6.92 Å². The molecule has 0 unspecified atom stereocenters. The van der Waals surface area contributed by atoms with Gasteiger partial charge in [-0.05, 0) is 12.5 Å². The third-order valence-electron chi connectivity index (χ3n) is 0.789. The zero-order valence-corrected chi connectivity index (χ0v) is 5.48. The number of azide groups is 1. The Hall–Kier alpha value is -1.42. The van der Waals surface area contributed by atoms with Crippen LogP contribution in [-0.4, -0.2) is 23.8 Å². The quantitative estimate of drug-likeness (QED) is 0.350. The van der Waals surface area contributed by atoms with Crippen molar-refractivity contribution in [2.75, 3.05) is 6.54 Å². The Kier molecular flexibility index (Phi) is 3.83. The molecule has 2 N–H and O–H groups in total. The van der Waals surface area contributed by atoms with Gasteiger partial charge in [0.1, 0.15) is 0 Å². The van der Waals surface area contributed by atoms with Gasteiger partial charge in [0.05, 0.1) is 0 Å². The average Bonchev–Trinajstić information content (AvgIpc) is 1.82. The van der Waals surface area contributed by atoms with E-state index in [0.29, 0.717) is 0 Å². The summed E-state index contributed by atoms with van der Waals surface area (Å²) in [6.45, 7) is 1.76. The van der Waals surface area contributed by atoms with E-state index in [-0.39, 0.29) is 12.6 Å². The van der Waals surface area contributed by atoms with Gasteiger partial charge in [-0.15, -0.1) is 0 Å². The van der Waals surface area contributed by atoms with Crippen LogP contribution in [0.1, 0.15) is 6.92 Å². The molecule has 0 saturated heterocycles. The Morgan fingerprint density at radius 2 is 2.60 bits per heavy atom. The summed E-state index contributed by atoms with van der Waals surface area (Å²) >= 11 is 0. The van der Waals surface area contributed by atoms with Crippen LogP contribution >= 0.6 is 0 Å². The van der Waals surface area contributed by atoms with Crippen molar-refractivity contribution in [2.45, 2.75) is 13.0 Å². The van der Waals surface area contributed by atoms with Gasteiger partial charge in [0.2, 0.25) is 0 Å². The summed E-state index contributed by atoms with van der Waals surface area (Å²) in [7, 11) is 0. The second-order valence-corrected chi connectivity index (χ2v) is 1.76. The fourth-order valence-corrected chi connectivity index (χ4v) is 0.415. The van der Waals surface area contributed by atoms with Crippen LogP contribution in [0.15, 0.2) is 5.11 Å². The maximum absolute atomic E-state index is 9.93. The van der Waals surface area contributed by atoms with Crippen molar-refractivity contribution in [3.05, 3.63) is 10.4 Å². The number of hydrogen-bond acceptors (Lipinski definition) is 2. The van der Waals surface area contributed by atoms with Gasteiger partial charge >= 0.3 is 6.09 Å². The molecule has 0 aromatic carbocycles. The van der Waals surface area contributed by atoms with Crippen molar-refractivity contribution in [1.82, 2.24) is 5.32 Å². The fourth-order valence-electron chi connectivity index (χ4n) is 0.415. The predicted octanol–water partition coefficient (Wildman–Crippen LogP) is 0.953. The van der Waals surface area contributed by atoms with E-state index in [1.165, 1.54) is 0 Å². The zero-order chi connectivity index (χ0) is 7.98. The summed E-state index contributed by atoms with van der Waals surface area (Å²) in [6, 6.07) is -0.326. The molecule has 0 heterocycles. The van der Waals surface area contributed by atoms with Crippen LogP contribution in [0.25, 0.3) is 10.4 Å². The van der Waals surface area contributed by atoms with E-state index in [9.17, 15) is 4.79 Å². The van der Waals surface area contributed by atoms with Crippen molar-refractivity contribution in [3.63, 3.8) is 0 Å². The minimum Gasteiger partial charge on any atom is -0.465 e. The third-order valence-corrected chi connectivity index (χ3v) is 0.789. The highest BCUT2D eigenvalue weighted by molar-refractivity contribution is 5.64. The number of carboxylic acid groups (broad SMARTS) is 1. The Morgan fingerprint density at radius 3 is 3.00 bits per heavy atom. The molecule has 0 fully saturated rings. The summed E-state index contributed by atoms with van der Waals surface area (Å²) in [5, 5.41) is 13.4. The van der Waals surface area contributed by atoms with Gasteiger partial charge in [-0.3, -0.25) is 0 Å². The molecule has 0 rings (SSSR count). The second kappa shape index (κ2) is 4.46. The van der Waals surface area contributed by atoms with Crippen molar-refractivity contribution < 1.29 is 9.90 Å². The van der Waals surface area contributed by atoms with Crippen LogP contribution in [0.3, 0.4) is 0 Å². The molecule has 0 saturated carbocycles. The van der Waals surface area contributed by atoms with Crippen LogP contribution < -0.4 is 5.32 Å². The summed E-state index contributed by atoms with van der Waals surface area (Å²) in [4.78, 5) is 12.4. The summed E-state index contributed by atoms with van der Waals surface area (Å²) in [5.41, 5.74) is 7.83. The molecule has 1 atom stereocenters. The van der Waals surface area contributed by atoms with Gasteiger partial charge in [-0.1, -0.05) is 5.11 Å². The molecule has 0 bridgehead atoms. The van der Waals surface area contributed by atoms with E-state index in [4.69, 9.17) is 10.6 Å². The summed E-state index contributed by atoms with van der Waals surface area (Å²) in [6.07, 6.45) is -1.11. The zero-order valence-electron chi connectivity index (χ0n) is 5.48. The van der Waals surface area contributed by atoms with Crippen molar-refractivity contribution in [3.8, 4) is 0 Å². The maximum Gasteiger partial charge on any atom is 0.404 e. The number of rotatable bonds is 3. The number of hydrogen-bond donors (Lipinski definition) is 2. The highest BCUT2D eigenvalue weighted by atomic mass is 16.4. The molecule has 0 spiro atoms. The van der Waals surface area contributed by atoms with Crippen LogP contribution in [-0.2, 0) is 0 Å². The molecule has 0 aliphatic heterocycles. The molecule has 0 aliphatic carbocycles. The molecule has 6 nitrogen and oxygen atoms in total. The third kappa shape index (κ3) is 4.73. The highest BCUT2D eigenvalue weighted by Gasteiger charge is 2.01. The van der Waals surface area contributed by atoms with Gasteiger partial charge in [0, 0.05) is 17.5 Å². The minimum absolute atomic E-state index is 0.142. The molecule has 1 amide bonds. The van der Waals surface area contributed by atoms with Crippen molar-refractivity contribution >= 4 is 6.09 Å². The molecule has 0 aliphatic rings. The van der Waals surface area contributed by atoms with E-state index in [1.807, 2.05) is 0 Å². The minimum atomic E-state index is -1.11. The van der Waals surface area contributed by atoms with Gasteiger partial charge in [-0.25, -0.2) is 4.79 Å². The van der Waals surface area contributed by atoms with Gasteiger partial charge in [-0.2, -0.15) is 0 Å². The number of carbonyl (C=O) groups is 1. The molecular formula is C4H8N4O2. The normalized spacial score (nSPS) is 11.3. The van der Waals surface area contributed by atoms with Gasteiger partial charge in [0.15, 0.2) is 0 Å². The van der Waals surface area contributed by atoms with Crippen LogP contribution in [0.5, 0.6) is 0 Å². The lowest BCUT2D eigenvalue weighted by molar-refractivity contribution is 0.191. The number of nitrogens with one attached hydrogen (secondary N) is 1. The summed E-state index contributed by atoms with van der Waals surface area (Å²) < 4.78 is 0. The van der Waals surface area contributed by atoms with Crippen LogP contribution in [0.4, 0.5) is 4.79 Å². The van der Waals surface area contributed by atoms with Gasteiger partial charge in [0.25, 0.3) is 0 Å². The topological polar surface area (TPSA) is 98.1 Å². The lowest BCUT2D eigenvalue weighted by atomic mass is 10.3. The molecular weight excluding hydrogens is 136 g/mol. The monoisotopic (exact) mass is 144 g/mol. The lowest BCUT2D eigenvalue weighted by Gasteiger charge is -2.05. The van der Waals surface area contributed by atoms with E-state index >= 15 is 0 Å². The SMILES string of the molecule is C[C@@H](CN=[N+]=[N-])NC(=O)O. The smallest absolute Gasteiger partial charge is 0.404 e. The number of nitrogens with zero attached hydrogens (tertiary/aromatic N) is 3. The van der Waals surface area contributed by atoms with Crippen molar-refractivity contribution in [1.29, 1.82) is 0 Å². The second-order valence-electron chi connectivity index (χ2n) is 1.76.